The van der Waals surface area contributed by atoms with Crippen molar-refractivity contribution < 1.29 is 9.53 Å². The number of nitrogens with zero attached hydrogens (tertiary/aromatic N) is 1. The number of unbranched alkanes of at least 4 members (excludes halogenated alkanes) is 1. The third-order valence-electron chi connectivity index (χ3n) is 3.93. The molecule has 0 aliphatic carbocycles. The maximum Gasteiger partial charge on any atom is 0.327 e. The molecule has 0 heterocycles. The zero-order valence-corrected chi connectivity index (χ0v) is 14.3. The SMILES string of the molecule is CCCCN(CC(C)(NCCC)C(=O)OC)C(C)CC. The quantitative estimate of drug-likeness (QED) is 0.593. The molecule has 0 saturated carbocycles. The van der Waals surface area contributed by atoms with Crippen LogP contribution in [-0.2, 0) is 9.53 Å². The molecule has 2 unspecified atom stereocenters. The van der Waals surface area contributed by atoms with E-state index in [9.17, 15) is 4.79 Å². The molecule has 0 amide bonds. The molecule has 0 aromatic heterocycles. The van der Waals surface area contributed by atoms with Crippen LogP contribution in [0.3, 0.4) is 0 Å². The summed E-state index contributed by atoms with van der Waals surface area (Å²) in [4.78, 5) is 14.6. The van der Waals surface area contributed by atoms with E-state index in [1.807, 2.05) is 6.92 Å². The molecular weight excluding hydrogens is 252 g/mol. The van der Waals surface area contributed by atoms with Crippen LogP contribution in [0.25, 0.3) is 0 Å². The molecule has 0 fully saturated rings. The monoisotopic (exact) mass is 286 g/mol. The minimum atomic E-state index is -0.623. The average molecular weight is 286 g/mol. The topological polar surface area (TPSA) is 41.6 Å². The Labute approximate surface area is 125 Å². The second-order valence-electron chi connectivity index (χ2n) is 5.83. The highest BCUT2D eigenvalue weighted by molar-refractivity contribution is 5.80. The van der Waals surface area contributed by atoms with Gasteiger partial charge in [-0.1, -0.05) is 27.2 Å². The zero-order chi connectivity index (χ0) is 15.6. The molecule has 2 atom stereocenters. The minimum absolute atomic E-state index is 0.171. The highest BCUT2D eigenvalue weighted by atomic mass is 16.5. The molecule has 0 bridgehead atoms. The summed E-state index contributed by atoms with van der Waals surface area (Å²) in [5.74, 6) is -0.171. The van der Waals surface area contributed by atoms with Crippen molar-refractivity contribution in [3.05, 3.63) is 0 Å². The number of hydrogen-bond donors (Lipinski definition) is 1. The van der Waals surface area contributed by atoms with Crippen LogP contribution in [0.2, 0.25) is 0 Å². The first kappa shape index (κ1) is 19.4. The third-order valence-corrected chi connectivity index (χ3v) is 3.93. The Morgan fingerprint density at radius 3 is 2.40 bits per heavy atom. The summed E-state index contributed by atoms with van der Waals surface area (Å²) < 4.78 is 5.00. The summed E-state index contributed by atoms with van der Waals surface area (Å²) in [6.07, 6.45) is 4.43. The predicted molar refractivity (Wildman–Crippen MR) is 84.9 cm³/mol. The highest BCUT2D eigenvalue weighted by Crippen LogP contribution is 2.14. The fraction of sp³-hybridized carbons (Fsp3) is 0.938. The Morgan fingerprint density at radius 2 is 1.95 bits per heavy atom. The molecule has 0 saturated heterocycles. The maximum absolute atomic E-state index is 12.1. The molecular formula is C16H34N2O2. The van der Waals surface area contributed by atoms with Gasteiger partial charge in [0.1, 0.15) is 5.54 Å². The lowest BCUT2D eigenvalue weighted by Gasteiger charge is -2.37. The lowest BCUT2D eigenvalue weighted by molar-refractivity contribution is -0.149. The van der Waals surface area contributed by atoms with Gasteiger partial charge in [0.15, 0.2) is 0 Å². The van der Waals surface area contributed by atoms with E-state index in [1.165, 1.54) is 13.5 Å². The molecule has 20 heavy (non-hydrogen) atoms. The molecule has 0 radical (unpaired) electrons. The Hall–Kier alpha value is -0.610. The number of esters is 1. The molecule has 0 aliphatic rings. The van der Waals surface area contributed by atoms with Gasteiger partial charge in [-0.2, -0.15) is 0 Å². The van der Waals surface area contributed by atoms with Crippen molar-refractivity contribution >= 4 is 5.97 Å². The molecule has 4 nitrogen and oxygen atoms in total. The zero-order valence-electron chi connectivity index (χ0n) is 14.3. The van der Waals surface area contributed by atoms with Gasteiger partial charge in [0.25, 0.3) is 0 Å². The highest BCUT2D eigenvalue weighted by Gasteiger charge is 2.36. The van der Waals surface area contributed by atoms with Gasteiger partial charge in [-0.05, 0) is 46.2 Å². The van der Waals surface area contributed by atoms with E-state index in [0.717, 1.165) is 32.4 Å². The largest absolute Gasteiger partial charge is 0.468 e. The molecule has 0 spiro atoms. The van der Waals surface area contributed by atoms with E-state index in [0.29, 0.717) is 12.6 Å². The summed E-state index contributed by atoms with van der Waals surface area (Å²) in [5.41, 5.74) is -0.623. The van der Waals surface area contributed by atoms with Gasteiger partial charge in [-0.15, -0.1) is 0 Å². The molecule has 0 aromatic rings. The number of methoxy groups -OCH3 is 1. The van der Waals surface area contributed by atoms with E-state index in [-0.39, 0.29) is 5.97 Å². The second-order valence-corrected chi connectivity index (χ2v) is 5.83. The van der Waals surface area contributed by atoms with E-state index >= 15 is 0 Å². The van der Waals surface area contributed by atoms with E-state index < -0.39 is 5.54 Å². The standard InChI is InChI=1S/C16H34N2O2/c1-7-10-12-18(14(4)9-3)13-16(5,15(19)20-6)17-11-8-2/h14,17H,7-13H2,1-6H3. The van der Waals surface area contributed by atoms with Gasteiger partial charge in [0, 0.05) is 12.6 Å². The van der Waals surface area contributed by atoms with E-state index in [2.05, 4.69) is 37.9 Å². The van der Waals surface area contributed by atoms with E-state index in [4.69, 9.17) is 4.74 Å². The predicted octanol–water partition coefficient (Wildman–Crippen LogP) is 2.82. The molecule has 0 aromatic carbocycles. The lowest BCUT2D eigenvalue weighted by Crippen LogP contribution is -2.59. The first-order chi connectivity index (χ1) is 9.45. The number of hydrogen-bond acceptors (Lipinski definition) is 4. The summed E-state index contributed by atoms with van der Waals surface area (Å²) >= 11 is 0. The number of rotatable bonds is 11. The van der Waals surface area contributed by atoms with Crippen LogP contribution in [-0.4, -0.2) is 49.2 Å². The van der Waals surface area contributed by atoms with Crippen molar-refractivity contribution in [2.24, 2.45) is 0 Å². The summed E-state index contributed by atoms with van der Waals surface area (Å²) in [6.45, 7) is 13.2. The van der Waals surface area contributed by atoms with E-state index in [1.54, 1.807) is 0 Å². The molecule has 1 N–H and O–H groups in total. The Morgan fingerprint density at radius 1 is 1.30 bits per heavy atom. The first-order valence-electron chi connectivity index (χ1n) is 8.02. The van der Waals surface area contributed by atoms with Crippen molar-refractivity contribution in [1.29, 1.82) is 0 Å². The van der Waals surface area contributed by atoms with Gasteiger partial charge in [0.05, 0.1) is 7.11 Å². The van der Waals surface area contributed by atoms with Crippen LogP contribution in [0, 0.1) is 0 Å². The summed E-state index contributed by atoms with van der Waals surface area (Å²) in [7, 11) is 1.47. The van der Waals surface area contributed by atoms with Crippen LogP contribution in [0.4, 0.5) is 0 Å². The van der Waals surface area contributed by atoms with Gasteiger partial charge in [-0.25, -0.2) is 0 Å². The fourth-order valence-electron chi connectivity index (χ4n) is 2.30. The average Bonchev–Trinajstić information content (AvgIpc) is 2.47. The van der Waals surface area contributed by atoms with Gasteiger partial charge in [0.2, 0.25) is 0 Å². The normalized spacial score (nSPS) is 15.9. The number of nitrogens with one attached hydrogen (secondary N) is 1. The Balaban J connectivity index is 4.90. The molecule has 4 heteroatoms. The smallest absolute Gasteiger partial charge is 0.327 e. The molecule has 120 valence electrons. The van der Waals surface area contributed by atoms with Gasteiger partial charge < -0.3 is 10.1 Å². The molecule has 0 rings (SSSR count). The summed E-state index contributed by atoms with van der Waals surface area (Å²) in [5, 5.41) is 3.37. The second kappa shape index (κ2) is 10.2. The Bertz CT molecular complexity index is 271. The lowest BCUT2D eigenvalue weighted by atomic mass is 9.99. The minimum Gasteiger partial charge on any atom is -0.468 e. The first-order valence-corrected chi connectivity index (χ1v) is 8.02. The van der Waals surface area contributed by atoms with Crippen molar-refractivity contribution in [2.45, 2.75) is 71.9 Å². The van der Waals surface area contributed by atoms with Crippen molar-refractivity contribution in [3.63, 3.8) is 0 Å². The number of carbonyl (C=O) groups excluding carboxylic acids is 1. The van der Waals surface area contributed by atoms with Crippen LogP contribution < -0.4 is 5.32 Å². The van der Waals surface area contributed by atoms with Crippen LogP contribution in [0.5, 0.6) is 0 Å². The van der Waals surface area contributed by atoms with Crippen LogP contribution >= 0.6 is 0 Å². The van der Waals surface area contributed by atoms with Gasteiger partial charge >= 0.3 is 5.97 Å². The fourth-order valence-corrected chi connectivity index (χ4v) is 2.30. The van der Waals surface area contributed by atoms with Crippen LogP contribution in [0.1, 0.15) is 60.3 Å². The Kier molecular flexibility index (Phi) is 9.86. The van der Waals surface area contributed by atoms with Gasteiger partial charge in [-0.3, -0.25) is 9.69 Å². The van der Waals surface area contributed by atoms with Crippen LogP contribution in [0.15, 0.2) is 0 Å². The number of carbonyl (C=O) groups is 1. The summed E-state index contributed by atoms with van der Waals surface area (Å²) in [6, 6.07) is 0.481. The molecule has 0 aliphatic heterocycles. The van der Waals surface area contributed by atoms with Crippen molar-refractivity contribution in [1.82, 2.24) is 10.2 Å². The van der Waals surface area contributed by atoms with Crippen molar-refractivity contribution in [3.8, 4) is 0 Å². The third kappa shape index (κ3) is 6.23. The van der Waals surface area contributed by atoms with Crippen molar-refractivity contribution in [2.75, 3.05) is 26.7 Å². The number of ether oxygens (including phenoxy) is 1. The maximum atomic E-state index is 12.1.